The Hall–Kier alpha value is -1.45. The van der Waals surface area contributed by atoms with Gasteiger partial charge < -0.3 is 5.32 Å². The van der Waals surface area contributed by atoms with Gasteiger partial charge in [-0.2, -0.15) is 9.40 Å². The van der Waals surface area contributed by atoms with Gasteiger partial charge in [-0.25, -0.2) is 8.42 Å². The third kappa shape index (κ3) is 4.28. The molecule has 0 unspecified atom stereocenters. The molecule has 2 heterocycles. The van der Waals surface area contributed by atoms with Crippen LogP contribution in [-0.2, 0) is 17.1 Å². The number of aryl methyl sites for hydroxylation is 2. The fraction of sp³-hybridized carbons (Fsp3) is 0.692. The Morgan fingerprint density at radius 3 is 2.45 bits per heavy atom. The lowest BCUT2D eigenvalue weighted by Gasteiger charge is -2.33. The van der Waals surface area contributed by atoms with Gasteiger partial charge in [0.2, 0.25) is 10.0 Å². The highest BCUT2D eigenvalue weighted by Crippen LogP contribution is 2.05. The van der Waals surface area contributed by atoms with Gasteiger partial charge in [-0.3, -0.25) is 14.4 Å². The molecule has 1 amide bonds. The van der Waals surface area contributed by atoms with Crippen molar-refractivity contribution in [3.05, 3.63) is 17.5 Å². The molecule has 1 N–H and O–H groups in total. The van der Waals surface area contributed by atoms with E-state index in [0.717, 1.165) is 5.69 Å². The largest absolute Gasteiger partial charge is 0.349 e. The molecule has 0 atom stereocenters. The zero-order valence-corrected chi connectivity index (χ0v) is 14.1. The summed E-state index contributed by atoms with van der Waals surface area (Å²) in [4.78, 5) is 14.2. The highest BCUT2D eigenvalue weighted by atomic mass is 32.2. The third-order valence-corrected chi connectivity index (χ3v) is 5.05. The van der Waals surface area contributed by atoms with E-state index in [9.17, 15) is 13.2 Å². The minimum Gasteiger partial charge on any atom is -0.349 e. The molecule has 9 heteroatoms. The Kier molecular flexibility index (Phi) is 5.20. The van der Waals surface area contributed by atoms with Crippen molar-refractivity contribution < 1.29 is 13.2 Å². The highest BCUT2D eigenvalue weighted by Gasteiger charge is 2.23. The van der Waals surface area contributed by atoms with Gasteiger partial charge in [0.25, 0.3) is 5.91 Å². The van der Waals surface area contributed by atoms with Crippen LogP contribution in [0.4, 0.5) is 0 Å². The first kappa shape index (κ1) is 16.9. The number of amides is 1. The van der Waals surface area contributed by atoms with Gasteiger partial charge in [0.1, 0.15) is 5.69 Å². The van der Waals surface area contributed by atoms with Crippen LogP contribution in [0.1, 0.15) is 16.2 Å². The second-order valence-corrected chi connectivity index (χ2v) is 7.54. The number of rotatable bonds is 5. The van der Waals surface area contributed by atoms with Crippen LogP contribution >= 0.6 is 0 Å². The molecule has 0 aromatic carbocycles. The minimum atomic E-state index is -3.09. The fourth-order valence-electron chi connectivity index (χ4n) is 2.53. The molecule has 1 fully saturated rings. The molecular weight excluding hydrogens is 306 g/mol. The van der Waals surface area contributed by atoms with Crippen molar-refractivity contribution in [1.82, 2.24) is 24.3 Å². The Morgan fingerprint density at radius 1 is 1.32 bits per heavy atom. The van der Waals surface area contributed by atoms with Crippen molar-refractivity contribution in [2.75, 3.05) is 45.5 Å². The summed E-state index contributed by atoms with van der Waals surface area (Å²) in [6, 6.07) is 1.75. The Bertz CT molecular complexity index is 632. The lowest BCUT2D eigenvalue weighted by Crippen LogP contribution is -2.49. The second kappa shape index (κ2) is 6.76. The van der Waals surface area contributed by atoms with Crippen LogP contribution in [-0.4, -0.2) is 78.8 Å². The van der Waals surface area contributed by atoms with E-state index < -0.39 is 10.0 Å². The molecule has 1 aliphatic heterocycles. The summed E-state index contributed by atoms with van der Waals surface area (Å²) in [5.74, 6) is -0.141. The Morgan fingerprint density at radius 2 is 1.95 bits per heavy atom. The average Bonchev–Trinajstić information content (AvgIpc) is 2.77. The van der Waals surface area contributed by atoms with Gasteiger partial charge in [-0.15, -0.1) is 0 Å². The first-order chi connectivity index (χ1) is 10.3. The van der Waals surface area contributed by atoms with Crippen molar-refractivity contribution in [3.8, 4) is 0 Å². The quantitative estimate of drug-likeness (QED) is 0.751. The number of sulfonamides is 1. The van der Waals surface area contributed by atoms with Crippen LogP contribution in [0.25, 0.3) is 0 Å². The number of carbonyl (C=O) groups excluding carboxylic acids is 1. The molecule has 124 valence electrons. The van der Waals surface area contributed by atoms with Crippen LogP contribution < -0.4 is 5.32 Å². The van der Waals surface area contributed by atoms with Gasteiger partial charge >= 0.3 is 0 Å². The maximum absolute atomic E-state index is 12.0. The van der Waals surface area contributed by atoms with E-state index in [-0.39, 0.29) is 5.91 Å². The van der Waals surface area contributed by atoms with Crippen LogP contribution in [0.15, 0.2) is 6.07 Å². The summed E-state index contributed by atoms with van der Waals surface area (Å²) in [6.45, 7) is 5.48. The van der Waals surface area contributed by atoms with E-state index in [0.29, 0.717) is 45.0 Å². The second-order valence-electron chi connectivity index (χ2n) is 5.55. The van der Waals surface area contributed by atoms with Gasteiger partial charge in [0, 0.05) is 46.3 Å². The van der Waals surface area contributed by atoms with E-state index >= 15 is 0 Å². The standard InChI is InChI=1S/C13H23N5O3S/c1-11-10-12(16(2)15-11)13(19)14-4-5-17-6-8-18(9-7-17)22(3,20)21/h10H,4-9H2,1-3H3,(H,14,19). The highest BCUT2D eigenvalue weighted by molar-refractivity contribution is 7.88. The van der Waals surface area contributed by atoms with Crippen molar-refractivity contribution in [1.29, 1.82) is 0 Å². The van der Waals surface area contributed by atoms with E-state index in [1.165, 1.54) is 10.6 Å². The van der Waals surface area contributed by atoms with Gasteiger partial charge in [0.15, 0.2) is 0 Å². The van der Waals surface area contributed by atoms with E-state index in [2.05, 4.69) is 15.3 Å². The van der Waals surface area contributed by atoms with E-state index in [1.807, 2.05) is 6.92 Å². The first-order valence-electron chi connectivity index (χ1n) is 7.23. The lowest BCUT2D eigenvalue weighted by molar-refractivity contribution is 0.0935. The minimum absolute atomic E-state index is 0.141. The van der Waals surface area contributed by atoms with Crippen LogP contribution in [0, 0.1) is 6.92 Å². The molecule has 0 spiro atoms. The summed E-state index contributed by atoms with van der Waals surface area (Å²) in [5, 5.41) is 7.01. The number of aromatic nitrogens is 2. The smallest absolute Gasteiger partial charge is 0.269 e. The van der Waals surface area contributed by atoms with Crippen molar-refractivity contribution >= 4 is 15.9 Å². The molecule has 0 aliphatic carbocycles. The molecule has 0 saturated carbocycles. The number of carbonyl (C=O) groups is 1. The van der Waals surface area contributed by atoms with Crippen LogP contribution in [0.5, 0.6) is 0 Å². The summed E-state index contributed by atoms with van der Waals surface area (Å²) in [6.07, 6.45) is 1.23. The van der Waals surface area contributed by atoms with Crippen molar-refractivity contribution in [2.24, 2.45) is 7.05 Å². The van der Waals surface area contributed by atoms with E-state index in [4.69, 9.17) is 0 Å². The molecule has 2 rings (SSSR count). The fourth-order valence-corrected chi connectivity index (χ4v) is 3.35. The average molecular weight is 329 g/mol. The molecule has 1 saturated heterocycles. The topological polar surface area (TPSA) is 87.5 Å². The molecule has 1 aromatic heterocycles. The number of hydrogen-bond acceptors (Lipinski definition) is 5. The zero-order chi connectivity index (χ0) is 16.3. The predicted molar refractivity (Wildman–Crippen MR) is 83.1 cm³/mol. The first-order valence-corrected chi connectivity index (χ1v) is 9.08. The summed E-state index contributed by atoms with van der Waals surface area (Å²) >= 11 is 0. The molecule has 1 aliphatic rings. The van der Waals surface area contributed by atoms with Gasteiger partial charge in [-0.05, 0) is 13.0 Å². The third-order valence-electron chi connectivity index (χ3n) is 3.75. The predicted octanol–water partition coefficient (Wildman–Crippen LogP) is -0.964. The Balaban J connectivity index is 1.74. The SMILES string of the molecule is Cc1cc(C(=O)NCCN2CCN(S(C)(=O)=O)CC2)n(C)n1. The summed E-state index contributed by atoms with van der Waals surface area (Å²) in [7, 11) is -1.35. The molecule has 0 radical (unpaired) electrons. The summed E-state index contributed by atoms with van der Waals surface area (Å²) in [5.41, 5.74) is 1.35. The molecule has 0 bridgehead atoms. The summed E-state index contributed by atoms with van der Waals surface area (Å²) < 4.78 is 25.9. The maximum Gasteiger partial charge on any atom is 0.269 e. The zero-order valence-electron chi connectivity index (χ0n) is 13.2. The van der Waals surface area contributed by atoms with Crippen molar-refractivity contribution in [2.45, 2.75) is 6.92 Å². The molecule has 8 nitrogen and oxygen atoms in total. The van der Waals surface area contributed by atoms with Crippen LogP contribution in [0.3, 0.4) is 0 Å². The number of hydrogen-bond donors (Lipinski definition) is 1. The van der Waals surface area contributed by atoms with Crippen LogP contribution in [0.2, 0.25) is 0 Å². The van der Waals surface area contributed by atoms with Gasteiger partial charge in [-0.1, -0.05) is 0 Å². The normalized spacial score (nSPS) is 17.6. The monoisotopic (exact) mass is 329 g/mol. The molecule has 1 aromatic rings. The molecular formula is C13H23N5O3S. The number of nitrogens with zero attached hydrogens (tertiary/aromatic N) is 4. The van der Waals surface area contributed by atoms with E-state index in [1.54, 1.807) is 17.8 Å². The maximum atomic E-state index is 12.0. The molecule has 22 heavy (non-hydrogen) atoms. The van der Waals surface area contributed by atoms with Crippen molar-refractivity contribution in [3.63, 3.8) is 0 Å². The number of nitrogens with one attached hydrogen (secondary N) is 1. The van der Waals surface area contributed by atoms with Gasteiger partial charge in [0.05, 0.1) is 11.9 Å². The Labute approximate surface area is 131 Å². The number of piperazine rings is 1. The lowest BCUT2D eigenvalue weighted by atomic mass is 10.3.